The van der Waals surface area contributed by atoms with E-state index in [0.29, 0.717) is 19.3 Å². The predicted octanol–water partition coefficient (Wildman–Crippen LogP) is 0.516. The number of aliphatic hydroxyl groups is 1. The molecule has 0 aromatic carbocycles. The molecule has 1 saturated carbocycles. The number of hydrogen-bond donors (Lipinski definition) is 3. The Morgan fingerprint density at radius 2 is 1.90 bits per heavy atom. The highest BCUT2D eigenvalue weighted by Gasteiger charge is 2.30. The summed E-state index contributed by atoms with van der Waals surface area (Å²) in [6.45, 7) is 3.46. The van der Waals surface area contributed by atoms with Crippen LogP contribution in [0.1, 0.15) is 52.4 Å². The van der Waals surface area contributed by atoms with Crippen LogP contribution in [-0.4, -0.2) is 43.4 Å². The van der Waals surface area contributed by atoms with Gasteiger partial charge in [0.05, 0.1) is 17.4 Å². The van der Waals surface area contributed by atoms with Crippen molar-refractivity contribution in [1.29, 1.82) is 0 Å². The van der Waals surface area contributed by atoms with E-state index in [1.54, 1.807) is 6.92 Å². The van der Waals surface area contributed by atoms with Crippen molar-refractivity contribution in [1.82, 2.24) is 10.0 Å². The summed E-state index contributed by atoms with van der Waals surface area (Å²) in [6, 6.07) is -0.821. The van der Waals surface area contributed by atoms with Crippen LogP contribution in [0.5, 0.6) is 0 Å². The first kappa shape index (κ1) is 17.4. The minimum Gasteiger partial charge on any atom is -0.388 e. The van der Waals surface area contributed by atoms with Crippen molar-refractivity contribution in [2.75, 3.05) is 12.3 Å². The van der Waals surface area contributed by atoms with Crippen molar-refractivity contribution >= 4 is 15.9 Å². The van der Waals surface area contributed by atoms with Gasteiger partial charge in [-0.1, -0.05) is 26.2 Å². The number of carbonyl (C=O) groups excluding carboxylic acids is 1. The Kier molecular flexibility index (Phi) is 6.42. The predicted molar refractivity (Wildman–Crippen MR) is 77.7 cm³/mol. The van der Waals surface area contributed by atoms with E-state index in [2.05, 4.69) is 10.0 Å². The summed E-state index contributed by atoms with van der Waals surface area (Å²) < 4.78 is 25.5. The van der Waals surface area contributed by atoms with E-state index in [1.165, 1.54) is 6.92 Å². The molecular weight excluding hydrogens is 280 g/mol. The molecule has 1 aliphatic rings. The SMILES string of the molecule is CCCS(=O)(=O)NC(C)C(=O)NCC1(O)CCCCC1. The largest absolute Gasteiger partial charge is 0.388 e. The molecule has 1 rings (SSSR count). The van der Waals surface area contributed by atoms with Crippen LogP contribution in [0.4, 0.5) is 0 Å². The quantitative estimate of drug-likeness (QED) is 0.639. The minimum absolute atomic E-state index is 0.00849. The summed E-state index contributed by atoms with van der Waals surface area (Å²) in [7, 11) is -3.41. The zero-order valence-corrected chi connectivity index (χ0v) is 13.1. The smallest absolute Gasteiger partial charge is 0.237 e. The van der Waals surface area contributed by atoms with Crippen molar-refractivity contribution in [2.45, 2.75) is 64.0 Å². The second-order valence-corrected chi connectivity index (χ2v) is 7.53. The van der Waals surface area contributed by atoms with Crippen LogP contribution in [0.2, 0.25) is 0 Å². The summed E-state index contributed by atoms with van der Waals surface area (Å²) in [5, 5.41) is 12.9. The number of amides is 1. The molecule has 0 radical (unpaired) electrons. The fraction of sp³-hybridized carbons (Fsp3) is 0.923. The number of sulfonamides is 1. The molecule has 0 aromatic heterocycles. The highest BCUT2D eigenvalue weighted by Crippen LogP contribution is 2.27. The first-order valence-corrected chi connectivity index (χ1v) is 8.93. The molecule has 1 fully saturated rings. The van der Waals surface area contributed by atoms with Crippen LogP contribution in [0.3, 0.4) is 0 Å². The molecule has 0 saturated heterocycles. The third-order valence-electron chi connectivity index (χ3n) is 3.60. The van der Waals surface area contributed by atoms with Gasteiger partial charge in [0, 0.05) is 6.54 Å². The minimum atomic E-state index is -3.41. The first-order chi connectivity index (χ1) is 9.28. The summed E-state index contributed by atoms with van der Waals surface area (Å²) in [5.41, 5.74) is -0.837. The van der Waals surface area contributed by atoms with Crippen LogP contribution >= 0.6 is 0 Å². The lowest BCUT2D eigenvalue weighted by molar-refractivity contribution is -0.124. The summed E-state index contributed by atoms with van der Waals surface area (Å²) >= 11 is 0. The van der Waals surface area contributed by atoms with Crippen LogP contribution in [0.15, 0.2) is 0 Å². The van der Waals surface area contributed by atoms with E-state index in [9.17, 15) is 18.3 Å². The lowest BCUT2D eigenvalue weighted by Crippen LogP contribution is -2.50. The standard InChI is InChI=1S/C13H26N2O4S/c1-3-9-20(18,19)15-11(2)12(16)14-10-13(17)7-5-4-6-8-13/h11,15,17H,3-10H2,1-2H3,(H,14,16). The van der Waals surface area contributed by atoms with E-state index in [1.807, 2.05) is 0 Å². The molecule has 6 nitrogen and oxygen atoms in total. The Morgan fingerprint density at radius 1 is 1.30 bits per heavy atom. The van der Waals surface area contributed by atoms with Gasteiger partial charge in [-0.15, -0.1) is 0 Å². The van der Waals surface area contributed by atoms with E-state index in [0.717, 1.165) is 19.3 Å². The maximum atomic E-state index is 11.9. The molecule has 0 bridgehead atoms. The highest BCUT2D eigenvalue weighted by molar-refractivity contribution is 7.89. The molecule has 0 spiro atoms. The van der Waals surface area contributed by atoms with E-state index in [4.69, 9.17) is 0 Å². The van der Waals surface area contributed by atoms with Crippen LogP contribution in [0, 0.1) is 0 Å². The Labute approximate surface area is 121 Å². The van der Waals surface area contributed by atoms with Gasteiger partial charge in [0.1, 0.15) is 0 Å². The molecule has 0 aliphatic heterocycles. The van der Waals surface area contributed by atoms with Gasteiger partial charge in [0.25, 0.3) is 0 Å². The normalized spacial score (nSPS) is 20.4. The summed E-state index contributed by atoms with van der Waals surface area (Å²) in [6.07, 6.45) is 4.91. The van der Waals surface area contributed by atoms with Gasteiger partial charge in [0.15, 0.2) is 0 Å². The van der Waals surface area contributed by atoms with Crippen LogP contribution < -0.4 is 10.0 Å². The summed E-state index contributed by atoms with van der Waals surface area (Å²) in [4.78, 5) is 11.9. The van der Waals surface area contributed by atoms with Crippen molar-refractivity contribution in [3.63, 3.8) is 0 Å². The second kappa shape index (κ2) is 7.38. The van der Waals surface area contributed by atoms with Gasteiger partial charge in [-0.05, 0) is 26.2 Å². The Balaban J connectivity index is 2.42. The monoisotopic (exact) mass is 306 g/mol. The van der Waals surface area contributed by atoms with Gasteiger partial charge in [-0.2, -0.15) is 0 Å². The lowest BCUT2D eigenvalue weighted by Gasteiger charge is -2.32. The fourth-order valence-corrected chi connectivity index (χ4v) is 3.74. The lowest BCUT2D eigenvalue weighted by atomic mass is 9.85. The van der Waals surface area contributed by atoms with Crippen LogP contribution in [-0.2, 0) is 14.8 Å². The topological polar surface area (TPSA) is 95.5 Å². The molecule has 1 unspecified atom stereocenters. The highest BCUT2D eigenvalue weighted by atomic mass is 32.2. The van der Waals surface area contributed by atoms with Crippen molar-refractivity contribution < 1.29 is 18.3 Å². The third kappa shape index (κ3) is 5.76. The second-order valence-electron chi connectivity index (χ2n) is 5.66. The average molecular weight is 306 g/mol. The molecule has 0 heterocycles. The Bertz CT molecular complexity index is 416. The van der Waals surface area contributed by atoms with Crippen molar-refractivity contribution in [3.05, 3.63) is 0 Å². The van der Waals surface area contributed by atoms with Gasteiger partial charge < -0.3 is 10.4 Å². The molecule has 1 aliphatic carbocycles. The third-order valence-corrected chi connectivity index (χ3v) is 5.26. The zero-order valence-electron chi connectivity index (χ0n) is 12.3. The number of hydrogen-bond acceptors (Lipinski definition) is 4. The Morgan fingerprint density at radius 3 is 2.45 bits per heavy atom. The average Bonchev–Trinajstić information content (AvgIpc) is 2.36. The maximum absolute atomic E-state index is 11.9. The van der Waals surface area contributed by atoms with Gasteiger partial charge in [0.2, 0.25) is 15.9 Å². The van der Waals surface area contributed by atoms with Gasteiger partial charge in [-0.25, -0.2) is 13.1 Å². The molecule has 7 heteroatoms. The molecule has 1 atom stereocenters. The molecule has 0 aromatic rings. The zero-order chi connectivity index (χ0) is 15.2. The molecule has 20 heavy (non-hydrogen) atoms. The van der Waals surface area contributed by atoms with Crippen LogP contribution in [0.25, 0.3) is 0 Å². The maximum Gasteiger partial charge on any atom is 0.237 e. The summed E-state index contributed by atoms with van der Waals surface area (Å²) in [5.74, 6) is -0.391. The van der Waals surface area contributed by atoms with Gasteiger partial charge in [-0.3, -0.25) is 4.79 Å². The first-order valence-electron chi connectivity index (χ1n) is 7.28. The molecule has 1 amide bonds. The molecular formula is C13H26N2O4S. The number of rotatable bonds is 7. The number of nitrogens with one attached hydrogen (secondary N) is 2. The van der Waals surface area contributed by atoms with E-state index < -0.39 is 27.6 Å². The molecule has 3 N–H and O–H groups in total. The Hall–Kier alpha value is -0.660. The van der Waals surface area contributed by atoms with E-state index >= 15 is 0 Å². The van der Waals surface area contributed by atoms with Crippen molar-refractivity contribution in [3.8, 4) is 0 Å². The fourth-order valence-electron chi connectivity index (χ4n) is 2.44. The van der Waals surface area contributed by atoms with E-state index in [-0.39, 0.29) is 12.3 Å². The molecule has 118 valence electrons. The van der Waals surface area contributed by atoms with Gasteiger partial charge >= 0.3 is 0 Å². The van der Waals surface area contributed by atoms with Crippen molar-refractivity contribution in [2.24, 2.45) is 0 Å². The number of carbonyl (C=O) groups is 1.